The van der Waals surface area contributed by atoms with Gasteiger partial charge in [0.1, 0.15) is 0 Å². The van der Waals surface area contributed by atoms with Crippen LogP contribution in [0.1, 0.15) is 11.5 Å². The molecule has 4 rings (SSSR count). The molecule has 3 aromatic rings. The molecule has 27 heavy (non-hydrogen) atoms. The lowest BCUT2D eigenvalue weighted by molar-refractivity contribution is 0.215. The average Bonchev–Trinajstić information content (AvgIpc) is 3.17. The van der Waals surface area contributed by atoms with Gasteiger partial charge in [-0.05, 0) is 55.1 Å². The van der Waals surface area contributed by atoms with Crippen LogP contribution in [0.25, 0.3) is 11.4 Å². The van der Waals surface area contributed by atoms with Crippen molar-refractivity contribution in [1.82, 2.24) is 15.0 Å². The summed E-state index contributed by atoms with van der Waals surface area (Å²) in [4.78, 5) is 10.6. The third-order valence-corrected chi connectivity index (χ3v) is 5.66. The fourth-order valence-corrected chi connectivity index (χ4v) is 3.76. The second-order valence-corrected chi connectivity index (χ2v) is 7.72. The highest BCUT2D eigenvalue weighted by molar-refractivity contribution is 7.98. The van der Waals surface area contributed by atoms with Gasteiger partial charge < -0.3 is 9.42 Å². The molecular weight excluding hydrogens is 356 g/mol. The van der Waals surface area contributed by atoms with E-state index in [9.17, 15) is 0 Å². The maximum absolute atomic E-state index is 5.48. The Morgan fingerprint density at radius 3 is 2.52 bits per heavy atom. The van der Waals surface area contributed by atoms with E-state index in [2.05, 4.69) is 69.5 Å². The lowest BCUT2D eigenvalue weighted by atomic mass is 10.2. The highest BCUT2D eigenvalue weighted by Gasteiger charge is 2.19. The van der Waals surface area contributed by atoms with Crippen molar-refractivity contribution in [2.75, 3.05) is 37.3 Å². The second kappa shape index (κ2) is 8.15. The Hall–Kier alpha value is -2.31. The van der Waals surface area contributed by atoms with Gasteiger partial charge in [0.15, 0.2) is 0 Å². The number of piperazine rings is 1. The first-order valence-electron chi connectivity index (χ1n) is 9.22. The van der Waals surface area contributed by atoms with E-state index in [0.717, 1.165) is 31.7 Å². The Morgan fingerprint density at radius 2 is 1.81 bits per heavy atom. The molecule has 1 fully saturated rings. The predicted octanol–water partition coefficient (Wildman–Crippen LogP) is 4.09. The van der Waals surface area contributed by atoms with Gasteiger partial charge in [0, 0.05) is 42.3 Å². The Kier molecular flexibility index (Phi) is 5.45. The molecule has 2 heterocycles. The van der Waals surface area contributed by atoms with Gasteiger partial charge in [0.2, 0.25) is 11.7 Å². The summed E-state index contributed by atoms with van der Waals surface area (Å²) in [5.41, 5.74) is 3.61. The number of aryl methyl sites for hydroxylation is 1. The van der Waals surface area contributed by atoms with Crippen molar-refractivity contribution in [3.8, 4) is 11.4 Å². The molecule has 0 aliphatic carbocycles. The summed E-state index contributed by atoms with van der Waals surface area (Å²) >= 11 is 1.73. The van der Waals surface area contributed by atoms with Crippen molar-refractivity contribution in [2.24, 2.45) is 0 Å². The van der Waals surface area contributed by atoms with Crippen molar-refractivity contribution < 1.29 is 4.52 Å². The Morgan fingerprint density at radius 1 is 1.04 bits per heavy atom. The minimum absolute atomic E-state index is 0.663. The Balaban J connectivity index is 1.35. The van der Waals surface area contributed by atoms with Crippen molar-refractivity contribution in [3.05, 3.63) is 60.0 Å². The molecule has 0 unspecified atom stereocenters. The minimum Gasteiger partial charge on any atom is -0.369 e. The topological polar surface area (TPSA) is 45.4 Å². The maximum Gasteiger partial charge on any atom is 0.241 e. The summed E-state index contributed by atoms with van der Waals surface area (Å²) in [5.74, 6) is 1.35. The fourth-order valence-electron chi connectivity index (χ4n) is 3.36. The standard InChI is InChI=1S/C21H24N4OS/c1-16-4-3-5-18(14-16)25-12-10-24(11-13-25)15-20-22-21(23-26-20)17-6-8-19(27-2)9-7-17/h3-9,14H,10-13,15H2,1-2H3. The van der Waals surface area contributed by atoms with E-state index in [4.69, 9.17) is 4.52 Å². The van der Waals surface area contributed by atoms with Gasteiger partial charge in [-0.3, -0.25) is 4.90 Å². The van der Waals surface area contributed by atoms with E-state index in [1.54, 1.807) is 11.8 Å². The number of thioether (sulfide) groups is 1. The number of benzene rings is 2. The van der Waals surface area contributed by atoms with Crippen LogP contribution in [0, 0.1) is 6.92 Å². The third-order valence-electron chi connectivity index (χ3n) is 4.91. The van der Waals surface area contributed by atoms with Gasteiger partial charge in [-0.25, -0.2) is 0 Å². The van der Waals surface area contributed by atoms with Gasteiger partial charge in [0.25, 0.3) is 0 Å². The molecule has 1 saturated heterocycles. The summed E-state index contributed by atoms with van der Waals surface area (Å²) in [6.07, 6.45) is 2.07. The zero-order valence-electron chi connectivity index (χ0n) is 15.8. The highest BCUT2D eigenvalue weighted by atomic mass is 32.2. The van der Waals surface area contributed by atoms with E-state index in [0.29, 0.717) is 18.3 Å². The zero-order valence-corrected chi connectivity index (χ0v) is 16.6. The second-order valence-electron chi connectivity index (χ2n) is 6.84. The van der Waals surface area contributed by atoms with E-state index < -0.39 is 0 Å². The van der Waals surface area contributed by atoms with E-state index in [-0.39, 0.29) is 0 Å². The molecule has 0 amide bonds. The van der Waals surface area contributed by atoms with Crippen molar-refractivity contribution in [2.45, 2.75) is 18.4 Å². The first kappa shape index (κ1) is 18.1. The van der Waals surface area contributed by atoms with Crippen LogP contribution in [0.15, 0.2) is 57.9 Å². The Labute approximate surface area is 164 Å². The van der Waals surface area contributed by atoms with Crippen molar-refractivity contribution in [1.29, 1.82) is 0 Å². The monoisotopic (exact) mass is 380 g/mol. The molecule has 2 aromatic carbocycles. The molecule has 0 atom stereocenters. The smallest absolute Gasteiger partial charge is 0.241 e. The normalized spacial score (nSPS) is 15.3. The molecule has 1 aromatic heterocycles. The van der Waals surface area contributed by atoms with Crippen LogP contribution in [0.2, 0.25) is 0 Å². The summed E-state index contributed by atoms with van der Waals surface area (Å²) in [7, 11) is 0. The van der Waals surface area contributed by atoms with Crippen LogP contribution in [-0.2, 0) is 6.54 Å². The number of aromatic nitrogens is 2. The largest absolute Gasteiger partial charge is 0.369 e. The molecule has 0 N–H and O–H groups in total. The van der Waals surface area contributed by atoms with E-state index in [1.807, 2.05) is 12.1 Å². The molecule has 1 aliphatic rings. The zero-order chi connectivity index (χ0) is 18.6. The molecular formula is C21H24N4OS. The first-order chi connectivity index (χ1) is 13.2. The van der Waals surface area contributed by atoms with Gasteiger partial charge in [-0.1, -0.05) is 17.3 Å². The van der Waals surface area contributed by atoms with Gasteiger partial charge in [-0.2, -0.15) is 4.98 Å². The molecule has 0 spiro atoms. The van der Waals surface area contributed by atoms with Crippen LogP contribution in [-0.4, -0.2) is 47.5 Å². The van der Waals surface area contributed by atoms with E-state index >= 15 is 0 Å². The molecule has 0 saturated carbocycles. The van der Waals surface area contributed by atoms with Crippen LogP contribution in [0.4, 0.5) is 5.69 Å². The summed E-state index contributed by atoms with van der Waals surface area (Å²) in [6.45, 7) is 6.86. The number of hydrogen-bond donors (Lipinski definition) is 0. The summed E-state index contributed by atoms with van der Waals surface area (Å²) in [5, 5.41) is 4.15. The van der Waals surface area contributed by atoms with E-state index in [1.165, 1.54) is 16.1 Å². The predicted molar refractivity (Wildman–Crippen MR) is 110 cm³/mol. The van der Waals surface area contributed by atoms with Gasteiger partial charge in [0.05, 0.1) is 6.54 Å². The SMILES string of the molecule is CSc1ccc(-c2noc(CN3CCN(c4cccc(C)c4)CC3)n2)cc1. The summed E-state index contributed by atoms with van der Waals surface area (Å²) < 4.78 is 5.48. The van der Waals surface area contributed by atoms with Crippen molar-refractivity contribution >= 4 is 17.4 Å². The average molecular weight is 381 g/mol. The lowest BCUT2D eigenvalue weighted by Crippen LogP contribution is -2.46. The lowest BCUT2D eigenvalue weighted by Gasteiger charge is -2.35. The Bertz CT molecular complexity index is 885. The molecule has 0 bridgehead atoms. The van der Waals surface area contributed by atoms with Crippen LogP contribution < -0.4 is 4.90 Å². The first-order valence-corrected chi connectivity index (χ1v) is 10.4. The number of hydrogen-bond acceptors (Lipinski definition) is 6. The fraction of sp³-hybridized carbons (Fsp3) is 0.333. The van der Waals surface area contributed by atoms with Crippen molar-refractivity contribution in [3.63, 3.8) is 0 Å². The van der Waals surface area contributed by atoms with Gasteiger partial charge in [-0.15, -0.1) is 11.8 Å². The molecule has 6 heteroatoms. The van der Waals surface area contributed by atoms with Crippen LogP contribution in [0.3, 0.4) is 0 Å². The molecule has 5 nitrogen and oxygen atoms in total. The van der Waals surface area contributed by atoms with Gasteiger partial charge >= 0.3 is 0 Å². The molecule has 1 aliphatic heterocycles. The molecule has 140 valence electrons. The highest BCUT2D eigenvalue weighted by Crippen LogP contribution is 2.22. The number of nitrogens with zero attached hydrogens (tertiary/aromatic N) is 4. The maximum atomic E-state index is 5.48. The van der Waals surface area contributed by atoms with Crippen LogP contribution >= 0.6 is 11.8 Å². The number of anilines is 1. The van der Waals surface area contributed by atoms with Crippen LogP contribution in [0.5, 0.6) is 0 Å². The third kappa shape index (κ3) is 4.34. The minimum atomic E-state index is 0.663. The number of rotatable bonds is 5. The quantitative estimate of drug-likeness (QED) is 0.621. The molecule has 0 radical (unpaired) electrons. The summed E-state index contributed by atoms with van der Waals surface area (Å²) in [6, 6.07) is 17.0.